The van der Waals surface area contributed by atoms with Crippen LogP contribution < -0.4 is 4.74 Å². The molecule has 3 heteroatoms. The lowest BCUT2D eigenvalue weighted by Gasteiger charge is -2.42. The first-order valence-electron chi connectivity index (χ1n) is 9.33. The third-order valence-electron chi connectivity index (χ3n) is 5.95. The van der Waals surface area contributed by atoms with Crippen LogP contribution in [0.4, 0.5) is 0 Å². The number of carboxylic acid groups (broad SMARTS) is 1. The minimum absolute atomic E-state index is 0.0914. The van der Waals surface area contributed by atoms with Crippen LogP contribution in [0.25, 0.3) is 16.7 Å². The summed E-state index contributed by atoms with van der Waals surface area (Å²) in [6.45, 7) is 12.8. The Labute approximate surface area is 161 Å². The molecule has 2 aromatic rings. The molecule has 3 rings (SSSR count). The zero-order chi connectivity index (χ0) is 20.0. The van der Waals surface area contributed by atoms with Crippen LogP contribution in [0.15, 0.2) is 43.0 Å². The van der Waals surface area contributed by atoms with Gasteiger partial charge in [-0.1, -0.05) is 52.5 Å². The van der Waals surface area contributed by atoms with E-state index in [2.05, 4.69) is 46.4 Å². The number of benzene rings is 2. The van der Waals surface area contributed by atoms with Crippen LogP contribution in [0.3, 0.4) is 0 Å². The lowest BCUT2D eigenvalue weighted by atomic mass is 9.62. The Hall–Kier alpha value is -2.55. The molecule has 1 aliphatic rings. The van der Waals surface area contributed by atoms with Crippen LogP contribution in [-0.2, 0) is 15.6 Å². The van der Waals surface area contributed by atoms with Crippen LogP contribution >= 0.6 is 0 Å². The summed E-state index contributed by atoms with van der Waals surface area (Å²) < 4.78 is 5.74. The number of fused-ring (bicyclic) bond motifs is 1. The number of carbonyl (C=O) groups is 1. The number of hydrogen-bond donors (Lipinski definition) is 1. The second-order valence-corrected chi connectivity index (χ2v) is 8.73. The lowest BCUT2D eigenvalue weighted by molar-refractivity contribution is -0.130. The van der Waals surface area contributed by atoms with Gasteiger partial charge in [-0.25, -0.2) is 4.79 Å². The third-order valence-corrected chi connectivity index (χ3v) is 5.95. The van der Waals surface area contributed by atoms with E-state index in [1.165, 1.54) is 11.1 Å². The highest BCUT2D eigenvalue weighted by molar-refractivity contribution is 6.14. The van der Waals surface area contributed by atoms with Gasteiger partial charge in [0.25, 0.3) is 0 Å². The van der Waals surface area contributed by atoms with Crippen molar-refractivity contribution in [1.82, 2.24) is 0 Å². The normalized spacial score (nSPS) is 17.1. The molecule has 3 nitrogen and oxygen atoms in total. The molecule has 1 N–H and O–H groups in total. The Morgan fingerprint density at radius 1 is 1.04 bits per heavy atom. The first-order valence-corrected chi connectivity index (χ1v) is 9.33. The van der Waals surface area contributed by atoms with Gasteiger partial charge in [0.15, 0.2) is 0 Å². The van der Waals surface area contributed by atoms with Gasteiger partial charge in [-0.05, 0) is 64.1 Å². The van der Waals surface area contributed by atoms with Crippen molar-refractivity contribution in [2.45, 2.75) is 51.4 Å². The predicted molar refractivity (Wildman–Crippen MR) is 110 cm³/mol. The maximum absolute atomic E-state index is 11.3. The molecule has 0 bridgehead atoms. The molecule has 0 atom stereocenters. The van der Waals surface area contributed by atoms with Gasteiger partial charge in [-0.3, -0.25) is 0 Å². The van der Waals surface area contributed by atoms with E-state index >= 15 is 0 Å². The second kappa shape index (κ2) is 6.56. The van der Waals surface area contributed by atoms with Gasteiger partial charge in [-0.15, -0.1) is 0 Å². The maximum atomic E-state index is 11.3. The molecule has 0 saturated carbocycles. The molecule has 0 fully saturated rings. The molecule has 0 unspecified atom stereocenters. The van der Waals surface area contributed by atoms with Crippen LogP contribution in [0.2, 0.25) is 0 Å². The number of carboxylic acids is 1. The minimum atomic E-state index is -1.01. The molecule has 0 aliphatic heterocycles. The highest BCUT2D eigenvalue weighted by Crippen LogP contribution is 2.49. The predicted octanol–water partition coefficient (Wildman–Crippen LogP) is 5.81. The molecule has 0 radical (unpaired) electrons. The van der Waals surface area contributed by atoms with Crippen molar-refractivity contribution in [3.63, 3.8) is 0 Å². The SMILES string of the molecule is C=C(C(=O)O)c1cccc(-c2cc3c(cc2OC)C(C)(C)CCC3(C)C)c1. The first-order chi connectivity index (χ1) is 12.6. The highest BCUT2D eigenvalue weighted by Gasteiger charge is 2.38. The minimum Gasteiger partial charge on any atom is -0.496 e. The topological polar surface area (TPSA) is 46.5 Å². The van der Waals surface area contributed by atoms with Gasteiger partial charge >= 0.3 is 5.97 Å². The Morgan fingerprint density at radius 3 is 2.19 bits per heavy atom. The first kappa shape index (κ1) is 19.2. The number of rotatable bonds is 4. The third kappa shape index (κ3) is 3.39. The van der Waals surface area contributed by atoms with Crippen molar-refractivity contribution in [1.29, 1.82) is 0 Å². The maximum Gasteiger partial charge on any atom is 0.335 e. The summed E-state index contributed by atoms with van der Waals surface area (Å²) in [7, 11) is 1.69. The molecule has 142 valence electrons. The van der Waals surface area contributed by atoms with Crippen molar-refractivity contribution >= 4 is 11.5 Å². The van der Waals surface area contributed by atoms with Crippen LogP contribution in [0, 0.1) is 0 Å². The lowest BCUT2D eigenvalue weighted by Crippen LogP contribution is -2.33. The largest absolute Gasteiger partial charge is 0.496 e. The van der Waals surface area contributed by atoms with Crippen molar-refractivity contribution in [2.24, 2.45) is 0 Å². The summed E-state index contributed by atoms with van der Waals surface area (Å²) in [6, 6.07) is 11.9. The molecule has 0 aromatic heterocycles. The van der Waals surface area contributed by atoms with E-state index in [1.54, 1.807) is 13.2 Å². The average molecular weight is 364 g/mol. The number of aliphatic carboxylic acids is 1. The number of ether oxygens (including phenoxy) is 1. The Kier molecular flexibility index (Phi) is 4.67. The van der Waals surface area contributed by atoms with E-state index in [9.17, 15) is 9.90 Å². The molecule has 0 amide bonds. The van der Waals surface area contributed by atoms with E-state index in [1.807, 2.05) is 18.2 Å². The summed E-state index contributed by atoms with van der Waals surface area (Å²) in [5.74, 6) is -0.190. The summed E-state index contributed by atoms with van der Waals surface area (Å²) >= 11 is 0. The molecule has 2 aromatic carbocycles. The van der Waals surface area contributed by atoms with E-state index in [4.69, 9.17) is 4.74 Å². The highest BCUT2D eigenvalue weighted by atomic mass is 16.5. The molecule has 27 heavy (non-hydrogen) atoms. The summed E-state index contributed by atoms with van der Waals surface area (Å²) in [6.07, 6.45) is 2.28. The molecular weight excluding hydrogens is 336 g/mol. The molecule has 0 heterocycles. The fraction of sp³-hybridized carbons (Fsp3) is 0.375. The van der Waals surface area contributed by atoms with Crippen LogP contribution in [0.5, 0.6) is 5.75 Å². The standard InChI is InChI=1S/C24H28O3/c1-15(22(25)26)16-8-7-9-17(12-16)18-13-19-20(14-21(18)27-6)24(4,5)11-10-23(19,2)3/h7-9,12-14H,1,10-11H2,2-6H3,(H,25,26). The molecule has 0 saturated heterocycles. The summed E-state index contributed by atoms with van der Waals surface area (Å²) in [4.78, 5) is 11.3. The fourth-order valence-electron chi connectivity index (χ4n) is 3.99. The zero-order valence-corrected chi connectivity index (χ0v) is 16.8. The Balaban J connectivity index is 2.22. The van der Waals surface area contributed by atoms with Crippen molar-refractivity contribution in [3.05, 3.63) is 59.7 Å². The van der Waals surface area contributed by atoms with Crippen molar-refractivity contribution in [2.75, 3.05) is 7.11 Å². The van der Waals surface area contributed by atoms with E-state index in [0.29, 0.717) is 5.56 Å². The van der Waals surface area contributed by atoms with E-state index in [-0.39, 0.29) is 16.4 Å². The number of methoxy groups -OCH3 is 1. The second-order valence-electron chi connectivity index (χ2n) is 8.73. The van der Waals surface area contributed by atoms with Gasteiger partial charge in [0, 0.05) is 5.56 Å². The molecule has 0 spiro atoms. The van der Waals surface area contributed by atoms with Gasteiger partial charge < -0.3 is 9.84 Å². The van der Waals surface area contributed by atoms with Crippen molar-refractivity contribution in [3.8, 4) is 16.9 Å². The molecule has 1 aliphatic carbocycles. The average Bonchev–Trinajstić information content (AvgIpc) is 2.64. The smallest absolute Gasteiger partial charge is 0.335 e. The summed E-state index contributed by atoms with van der Waals surface area (Å²) in [5.41, 5.74) is 5.51. The Morgan fingerprint density at radius 2 is 1.63 bits per heavy atom. The summed E-state index contributed by atoms with van der Waals surface area (Å²) in [5, 5.41) is 9.26. The van der Waals surface area contributed by atoms with Gasteiger partial charge in [0.1, 0.15) is 5.75 Å². The fourth-order valence-corrected chi connectivity index (χ4v) is 3.99. The monoisotopic (exact) mass is 364 g/mol. The number of hydrogen-bond acceptors (Lipinski definition) is 2. The molecular formula is C24H28O3. The van der Waals surface area contributed by atoms with Gasteiger partial charge in [0.2, 0.25) is 0 Å². The van der Waals surface area contributed by atoms with Gasteiger partial charge in [-0.2, -0.15) is 0 Å². The van der Waals surface area contributed by atoms with Crippen LogP contribution in [0.1, 0.15) is 57.2 Å². The van der Waals surface area contributed by atoms with E-state index < -0.39 is 5.97 Å². The van der Waals surface area contributed by atoms with E-state index in [0.717, 1.165) is 29.7 Å². The quantitative estimate of drug-likeness (QED) is 0.697. The van der Waals surface area contributed by atoms with Gasteiger partial charge in [0.05, 0.1) is 12.7 Å². The zero-order valence-electron chi connectivity index (χ0n) is 16.8. The Bertz CT molecular complexity index is 919. The van der Waals surface area contributed by atoms with Crippen molar-refractivity contribution < 1.29 is 14.6 Å². The van der Waals surface area contributed by atoms with Crippen LogP contribution in [-0.4, -0.2) is 18.2 Å².